The van der Waals surface area contributed by atoms with Crippen LogP contribution in [0.1, 0.15) is 20.3 Å². The van der Waals surface area contributed by atoms with Crippen LogP contribution in [0.3, 0.4) is 0 Å². The number of thiocarbonyl (C=S) groups is 1. The maximum absolute atomic E-state index is 5.51. The first-order chi connectivity index (χ1) is 4.63. The van der Waals surface area contributed by atoms with E-state index in [9.17, 15) is 0 Å². The van der Waals surface area contributed by atoms with Crippen LogP contribution in [-0.4, -0.2) is 29.5 Å². The standard InChI is InChI=1S/C7H16N2S/c1-4-6(7(8)10)9(3)5-2/h6H,4-5H2,1-3H3,(H2,8,10). The topological polar surface area (TPSA) is 29.3 Å². The SMILES string of the molecule is CCC(C(N)=S)N(C)CC. The van der Waals surface area contributed by atoms with Gasteiger partial charge in [-0.2, -0.15) is 0 Å². The lowest BCUT2D eigenvalue weighted by Gasteiger charge is -2.24. The van der Waals surface area contributed by atoms with Crippen molar-refractivity contribution < 1.29 is 0 Å². The summed E-state index contributed by atoms with van der Waals surface area (Å²) in [5.41, 5.74) is 5.51. The summed E-state index contributed by atoms with van der Waals surface area (Å²) < 4.78 is 0. The summed E-state index contributed by atoms with van der Waals surface area (Å²) in [5.74, 6) is 0. The molecule has 0 spiro atoms. The zero-order valence-electron chi connectivity index (χ0n) is 6.92. The van der Waals surface area contributed by atoms with Gasteiger partial charge in [-0.15, -0.1) is 0 Å². The van der Waals surface area contributed by atoms with Gasteiger partial charge in [-0.05, 0) is 20.0 Å². The Balaban J connectivity index is 3.92. The minimum Gasteiger partial charge on any atom is -0.392 e. The molecule has 0 saturated carbocycles. The number of hydrogen-bond donors (Lipinski definition) is 1. The molecular formula is C7H16N2S. The number of hydrogen-bond acceptors (Lipinski definition) is 2. The summed E-state index contributed by atoms with van der Waals surface area (Å²) in [6, 6.07) is 0.278. The van der Waals surface area contributed by atoms with Crippen LogP contribution in [0, 0.1) is 0 Å². The van der Waals surface area contributed by atoms with Crippen molar-refractivity contribution in [2.75, 3.05) is 13.6 Å². The van der Waals surface area contributed by atoms with Crippen molar-refractivity contribution >= 4 is 17.2 Å². The van der Waals surface area contributed by atoms with Gasteiger partial charge in [-0.25, -0.2) is 0 Å². The Morgan fingerprint density at radius 3 is 2.20 bits per heavy atom. The molecule has 0 aromatic heterocycles. The van der Waals surface area contributed by atoms with E-state index in [1.165, 1.54) is 0 Å². The molecule has 0 amide bonds. The van der Waals surface area contributed by atoms with Crippen LogP contribution in [0.4, 0.5) is 0 Å². The molecule has 2 N–H and O–H groups in total. The van der Waals surface area contributed by atoms with Crippen molar-refractivity contribution in [1.82, 2.24) is 4.90 Å². The maximum atomic E-state index is 5.51. The van der Waals surface area contributed by atoms with Crippen LogP contribution >= 0.6 is 12.2 Å². The van der Waals surface area contributed by atoms with Crippen LogP contribution < -0.4 is 5.73 Å². The lowest BCUT2D eigenvalue weighted by molar-refractivity contribution is 0.307. The van der Waals surface area contributed by atoms with Crippen LogP contribution in [0.5, 0.6) is 0 Å². The van der Waals surface area contributed by atoms with Crippen molar-refractivity contribution in [1.29, 1.82) is 0 Å². The molecule has 0 aliphatic carbocycles. The highest BCUT2D eigenvalue weighted by atomic mass is 32.1. The minimum atomic E-state index is 0.278. The molecule has 0 fully saturated rings. The molecule has 3 heteroatoms. The van der Waals surface area contributed by atoms with E-state index in [1.807, 2.05) is 7.05 Å². The molecule has 1 unspecified atom stereocenters. The summed E-state index contributed by atoms with van der Waals surface area (Å²) in [7, 11) is 2.04. The Morgan fingerprint density at radius 2 is 2.10 bits per heavy atom. The highest BCUT2D eigenvalue weighted by molar-refractivity contribution is 7.80. The molecule has 60 valence electrons. The third kappa shape index (κ3) is 2.62. The van der Waals surface area contributed by atoms with Crippen LogP contribution in [0.2, 0.25) is 0 Å². The molecule has 1 atom stereocenters. The van der Waals surface area contributed by atoms with Gasteiger partial charge < -0.3 is 5.73 Å². The highest BCUT2D eigenvalue weighted by Gasteiger charge is 2.12. The molecule has 0 aromatic rings. The summed E-state index contributed by atoms with van der Waals surface area (Å²) >= 11 is 4.89. The zero-order chi connectivity index (χ0) is 8.15. The average Bonchev–Trinajstić information content (AvgIpc) is 1.88. The largest absolute Gasteiger partial charge is 0.392 e. The number of rotatable bonds is 4. The van der Waals surface area contributed by atoms with Gasteiger partial charge >= 0.3 is 0 Å². The second kappa shape index (κ2) is 4.63. The van der Waals surface area contributed by atoms with Gasteiger partial charge in [0.2, 0.25) is 0 Å². The first-order valence-corrected chi connectivity index (χ1v) is 4.03. The lowest BCUT2D eigenvalue weighted by Crippen LogP contribution is -2.40. The minimum absolute atomic E-state index is 0.278. The highest BCUT2D eigenvalue weighted by Crippen LogP contribution is 2.00. The van der Waals surface area contributed by atoms with Gasteiger partial charge in [0.05, 0.1) is 11.0 Å². The first-order valence-electron chi connectivity index (χ1n) is 3.63. The van der Waals surface area contributed by atoms with Crippen molar-refractivity contribution in [2.45, 2.75) is 26.3 Å². The zero-order valence-corrected chi connectivity index (χ0v) is 7.74. The number of nitrogens with two attached hydrogens (primary N) is 1. The fraction of sp³-hybridized carbons (Fsp3) is 0.857. The van der Waals surface area contributed by atoms with Gasteiger partial charge in [0, 0.05) is 0 Å². The normalized spacial score (nSPS) is 13.6. The molecule has 0 aromatic carbocycles. The van der Waals surface area contributed by atoms with Crippen molar-refractivity contribution in [2.24, 2.45) is 5.73 Å². The Kier molecular flexibility index (Phi) is 4.56. The quantitative estimate of drug-likeness (QED) is 0.622. The van der Waals surface area contributed by atoms with E-state index in [4.69, 9.17) is 18.0 Å². The van der Waals surface area contributed by atoms with E-state index in [2.05, 4.69) is 18.7 Å². The molecule has 0 radical (unpaired) electrons. The summed E-state index contributed by atoms with van der Waals surface area (Å²) in [6.45, 7) is 5.19. The smallest absolute Gasteiger partial charge is 0.0901 e. The third-order valence-corrected chi connectivity index (χ3v) is 2.02. The number of likely N-dealkylation sites (N-methyl/N-ethyl adjacent to an activating group) is 1. The molecular weight excluding hydrogens is 144 g/mol. The third-order valence-electron chi connectivity index (χ3n) is 1.75. The molecule has 0 bridgehead atoms. The molecule has 0 heterocycles. The summed E-state index contributed by atoms with van der Waals surface area (Å²) in [6.07, 6.45) is 1.000. The predicted octanol–water partition coefficient (Wildman–Crippen LogP) is 1.00. The van der Waals surface area contributed by atoms with E-state index in [0.717, 1.165) is 13.0 Å². The molecule has 10 heavy (non-hydrogen) atoms. The van der Waals surface area contributed by atoms with E-state index in [-0.39, 0.29) is 6.04 Å². The first kappa shape index (κ1) is 9.85. The van der Waals surface area contributed by atoms with E-state index >= 15 is 0 Å². The van der Waals surface area contributed by atoms with Crippen LogP contribution in [-0.2, 0) is 0 Å². The van der Waals surface area contributed by atoms with Crippen molar-refractivity contribution in [3.05, 3.63) is 0 Å². The fourth-order valence-corrected chi connectivity index (χ4v) is 1.30. The lowest BCUT2D eigenvalue weighted by atomic mass is 10.2. The summed E-state index contributed by atoms with van der Waals surface area (Å²) in [5, 5.41) is 0. The molecule has 0 aliphatic rings. The molecule has 0 aliphatic heterocycles. The average molecular weight is 160 g/mol. The van der Waals surface area contributed by atoms with Crippen LogP contribution in [0.25, 0.3) is 0 Å². The Labute approximate surface area is 68.4 Å². The second-order valence-corrected chi connectivity index (χ2v) is 2.87. The Bertz CT molecular complexity index is 114. The van der Waals surface area contributed by atoms with Gasteiger partial charge in [0.1, 0.15) is 0 Å². The van der Waals surface area contributed by atoms with Gasteiger partial charge in [-0.3, -0.25) is 4.90 Å². The molecule has 0 saturated heterocycles. The van der Waals surface area contributed by atoms with Gasteiger partial charge in [-0.1, -0.05) is 26.1 Å². The van der Waals surface area contributed by atoms with Gasteiger partial charge in [0.25, 0.3) is 0 Å². The van der Waals surface area contributed by atoms with Crippen LogP contribution in [0.15, 0.2) is 0 Å². The van der Waals surface area contributed by atoms with Gasteiger partial charge in [0.15, 0.2) is 0 Å². The monoisotopic (exact) mass is 160 g/mol. The Morgan fingerprint density at radius 1 is 1.60 bits per heavy atom. The molecule has 2 nitrogen and oxygen atoms in total. The van der Waals surface area contributed by atoms with Crippen molar-refractivity contribution in [3.8, 4) is 0 Å². The predicted molar refractivity (Wildman–Crippen MR) is 49.2 cm³/mol. The summed E-state index contributed by atoms with van der Waals surface area (Å²) in [4.78, 5) is 2.76. The Hall–Kier alpha value is -0.150. The number of nitrogens with zero attached hydrogens (tertiary/aromatic N) is 1. The van der Waals surface area contributed by atoms with E-state index in [0.29, 0.717) is 4.99 Å². The van der Waals surface area contributed by atoms with E-state index < -0.39 is 0 Å². The molecule has 0 rings (SSSR count). The second-order valence-electron chi connectivity index (χ2n) is 2.40. The van der Waals surface area contributed by atoms with E-state index in [1.54, 1.807) is 0 Å². The maximum Gasteiger partial charge on any atom is 0.0901 e. The fourth-order valence-electron chi connectivity index (χ4n) is 0.950. The van der Waals surface area contributed by atoms with Crippen molar-refractivity contribution in [3.63, 3.8) is 0 Å².